The monoisotopic (exact) mass is 341 g/mol. The molecular formula is C13H16IN3. The summed E-state index contributed by atoms with van der Waals surface area (Å²) < 4.78 is 3.31. The first-order chi connectivity index (χ1) is 8.29. The highest BCUT2D eigenvalue weighted by atomic mass is 127. The van der Waals surface area contributed by atoms with Crippen LogP contribution in [-0.2, 0) is 13.1 Å². The van der Waals surface area contributed by atoms with E-state index in [0.717, 1.165) is 19.6 Å². The molecule has 0 aliphatic heterocycles. The van der Waals surface area contributed by atoms with Crippen molar-refractivity contribution < 1.29 is 0 Å². The summed E-state index contributed by atoms with van der Waals surface area (Å²) in [6.07, 6.45) is 1.86. The van der Waals surface area contributed by atoms with Crippen LogP contribution < -0.4 is 5.32 Å². The van der Waals surface area contributed by atoms with E-state index in [4.69, 9.17) is 0 Å². The summed E-state index contributed by atoms with van der Waals surface area (Å²) in [5, 5.41) is 7.69. The predicted molar refractivity (Wildman–Crippen MR) is 77.9 cm³/mol. The predicted octanol–water partition coefficient (Wildman–Crippen LogP) is 2.65. The summed E-state index contributed by atoms with van der Waals surface area (Å²) >= 11 is 2.32. The molecule has 17 heavy (non-hydrogen) atoms. The van der Waals surface area contributed by atoms with Crippen molar-refractivity contribution in [3.63, 3.8) is 0 Å². The third kappa shape index (κ3) is 3.54. The summed E-state index contributed by atoms with van der Waals surface area (Å²) in [6.45, 7) is 4.81. The molecule has 3 nitrogen and oxygen atoms in total. The average Bonchev–Trinajstić information content (AvgIpc) is 2.77. The van der Waals surface area contributed by atoms with E-state index >= 15 is 0 Å². The van der Waals surface area contributed by atoms with Gasteiger partial charge in [-0.15, -0.1) is 0 Å². The van der Waals surface area contributed by atoms with Gasteiger partial charge < -0.3 is 5.32 Å². The van der Waals surface area contributed by atoms with Crippen LogP contribution in [0.2, 0.25) is 0 Å². The number of aromatic nitrogens is 2. The first kappa shape index (κ1) is 12.6. The summed E-state index contributed by atoms with van der Waals surface area (Å²) in [4.78, 5) is 0. The van der Waals surface area contributed by atoms with Gasteiger partial charge in [-0.2, -0.15) is 5.10 Å². The summed E-state index contributed by atoms with van der Waals surface area (Å²) in [5.74, 6) is 0. The lowest BCUT2D eigenvalue weighted by Crippen LogP contribution is -2.16. The van der Waals surface area contributed by atoms with Gasteiger partial charge in [0.1, 0.15) is 0 Å². The van der Waals surface area contributed by atoms with Gasteiger partial charge >= 0.3 is 0 Å². The third-order valence-corrected chi connectivity index (χ3v) is 3.33. The van der Waals surface area contributed by atoms with Gasteiger partial charge in [-0.25, -0.2) is 0 Å². The fraction of sp³-hybridized carbons (Fsp3) is 0.308. The Morgan fingerprint density at radius 2 is 2.00 bits per heavy atom. The highest BCUT2D eigenvalue weighted by Crippen LogP contribution is 2.09. The molecule has 1 aromatic carbocycles. The van der Waals surface area contributed by atoms with Gasteiger partial charge in [0, 0.05) is 16.3 Å². The van der Waals surface area contributed by atoms with Crippen molar-refractivity contribution in [2.24, 2.45) is 0 Å². The molecule has 0 amide bonds. The number of benzene rings is 1. The second-order valence-corrected chi connectivity index (χ2v) is 5.13. The SMILES string of the molecule is CCNCc1ccnn1Cc1ccc(I)cc1. The van der Waals surface area contributed by atoms with Crippen molar-refractivity contribution in [3.8, 4) is 0 Å². The quantitative estimate of drug-likeness (QED) is 0.848. The first-order valence-electron chi connectivity index (χ1n) is 5.75. The van der Waals surface area contributed by atoms with Crippen molar-refractivity contribution in [2.45, 2.75) is 20.0 Å². The van der Waals surface area contributed by atoms with Gasteiger partial charge in [-0.3, -0.25) is 4.68 Å². The lowest BCUT2D eigenvalue weighted by atomic mass is 10.2. The van der Waals surface area contributed by atoms with Gasteiger partial charge in [0.25, 0.3) is 0 Å². The smallest absolute Gasteiger partial charge is 0.0663 e. The molecule has 0 saturated heterocycles. The van der Waals surface area contributed by atoms with Crippen molar-refractivity contribution in [2.75, 3.05) is 6.54 Å². The topological polar surface area (TPSA) is 29.9 Å². The largest absolute Gasteiger partial charge is 0.311 e. The number of halogens is 1. The van der Waals surface area contributed by atoms with E-state index in [1.54, 1.807) is 0 Å². The molecule has 0 atom stereocenters. The lowest BCUT2D eigenvalue weighted by Gasteiger charge is -2.08. The Kier molecular flexibility index (Phi) is 4.56. The van der Waals surface area contributed by atoms with E-state index in [-0.39, 0.29) is 0 Å². The molecule has 90 valence electrons. The Morgan fingerprint density at radius 1 is 1.24 bits per heavy atom. The molecule has 4 heteroatoms. The molecule has 2 rings (SSSR count). The number of rotatable bonds is 5. The van der Waals surface area contributed by atoms with Crippen molar-refractivity contribution >= 4 is 22.6 Å². The summed E-state index contributed by atoms with van der Waals surface area (Å²) in [5.41, 5.74) is 2.51. The van der Waals surface area contributed by atoms with Gasteiger partial charge in [0.2, 0.25) is 0 Å². The molecule has 0 aliphatic rings. The molecule has 0 fully saturated rings. The zero-order chi connectivity index (χ0) is 12.1. The minimum Gasteiger partial charge on any atom is -0.311 e. The molecule has 0 unspecified atom stereocenters. The Hall–Kier alpha value is -0.880. The van der Waals surface area contributed by atoms with E-state index in [0.29, 0.717) is 0 Å². The Labute approximate surface area is 115 Å². The Balaban J connectivity index is 2.07. The first-order valence-corrected chi connectivity index (χ1v) is 6.83. The maximum Gasteiger partial charge on any atom is 0.0663 e. The Bertz CT molecular complexity index is 462. The second kappa shape index (κ2) is 6.16. The molecule has 0 aliphatic carbocycles. The highest BCUT2D eigenvalue weighted by Gasteiger charge is 2.02. The van der Waals surface area contributed by atoms with Gasteiger partial charge in [-0.1, -0.05) is 19.1 Å². The normalized spacial score (nSPS) is 10.7. The van der Waals surface area contributed by atoms with E-state index in [2.05, 4.69) is 70.3 Å². The van der Waals surface area contributed by atoms with Crippen LogP contribution in [0.25, 0.3) is 0 Å². The van der Waals surface area contributed by atoms with Crippen molar-refractivity contribution in [3.05, 3.63) is 51.4 Å². The van der Waals surface area contributed by atoms with Crippen LogP contribution >= 0.6 is 22.6 Å². The van der Waals surface area contributed by atoms with Crippen LogP contribution in [0.15, 0.2) is 36.5 Å². The van der Waals surface area contributed by atoms with Crippen LogP contribution in [-0.4, -0.2) is 16.3 Å². The average molecular weight is 341 g/mol. The van der Waals surface area contributed by atoms with Crippen molar-refractivity contribution in [1.82, 2.24) is 15.1 Å². The standard InChI is InChI=1S/C13H16IN3/c1-2-15-9-13-7-8-16-17(13)10-11-3-5-12(14)6-4-11/h3-8,15H,2,9-10H2,1H3. The van der Waals surface area contributed by atoms with E-state index in [1.807, 2.05) is 10.9 Å². The van der Waals surface area contributed by atoms with Gasteiger partial charge in [0.15, 0.2) is 0 Å². The second-order valence-electron chi connectivity index (χ2n) is 3.89. The minimum absolute atomic E-state index is 0.838. The molecule has 0 saturated carbocycles. The zero-order valence-electron chi connectivity index (χ0n) is 9.86. The lowest BCUT2D eigenvalue weighted by molar-refractivity contribution is 0.606. The van der Waals surface area contributed by atoms with Gasteiger partial charge in [0.05, 0.1) is 12.2 Å². The molecule has 0 bridgehead atoms. The molecule has 1 aromatic heterocycles. The summed E-state index contributed by atoms with van der Waals surface area (Å²) in [6, 6.07) is 10.6. The maximum absolute atomic E-state index is 4.36. The van der Waals surface area contributed by atoms with Crippen LogP contribution in [0.4, 0.5) is 0 Å². The molecular weight excluding hydrogens is 325 g/mol. The van der Waals surface area contributed by atoms with Crippen molar-refractivity contribution in [1.29, 1.82) is 0 Å². The van der Waals surface area contributed by atoms with E-state index in [1.165, 1.54) is 14.8 Å². The minimum atomic E-state index is 0.838. The molecule has 1 N–H and O–H groups in total. The highest BCUT2D eigenvalue weighted by molar-refractivity contribution is 14.1. The van der Waals surface area contributed by atoms with Crippen LogP contribution in [0, 0.1) is 3.57 Å². The molecule has 0 radical (unpaired) electrons. The fourth-order valence-electron chi connectivity index (χ4n) is 1.67. The maximum atomic E-state index is 4.36. The third-order valence-electron chi connectivity index (χ3n) is 2.61. The fourth-order valence-corrected chi connectivity index (χ4v) is 2.03. The zero-order valence-corrected chi connectivity index (χ0v) is 12.0. The van der Waals surface area contributed by atoms with Crippen LogP contribution in [0.5, 0.6) is 0 Å². The van der Waals surface area contributed by atoms with Crippen LogP contribution in [0.1, 0.15) is 18.2 Å². The Morgan fingerprint density at radius 3 is 2.71 bits per heavy atom. The number of nitrogens with zero attached hydrogens (tertiary/aromatic N) is 2. The number of hydrogen-bond acceptors (Lipinski definition) is 2. The van der Waals surface area contributed by atoms with Gasteiger partial charge in [-0.05, 0) is 52.9 Å². The molecule has 0 spiro atoms. The van der Waals surface area contributed by atoms with E-state index < -0.39 is 0 Å². The molecule has 2 aromatic rings. The summed E-state index contributed by atoms with van der Waals surface area (Å²) in [7, 11) is 0. The van der Waals surface area contributed by atoms with E-state index in [9.17, 15) is 0 Å². The molecule has 1 heterocycles. The van der Waals surface area contributed by atoms with Crippen LogP contribution in [0.3, 0.4) is 0 Å². The number of nitrogens with one attached hydrogen (secondary N) is 1. The number of hydrogen-bond donors (Lipinski definition) is 1.